The van der Waals surface area contributed by atoms with Gasteiger partial charge in [-0.05, 0) is 37.7 Å². The van der Waals surface area contributed by atoms with Crippen LogP contribution in [-0.4, -0.2) is 25.9 Å². The average Bonchev–Trinajstić information content (AvgIpc) is 3.29. The van der Waals surface area contributed by atoms with E-state index in [0.29, 0.717) is 5.92 Å². The third-order valence-corrected chi connectivity index (χ3v) is 3.95. The van der Waals surface area contributed by atoms with Gasteiger partial charge >= 0.3 is 0 Å². The fraction of sp³-hybridized carbons (Fsp3) is 0.625. The van der Waals surface area contributed by atoms with Crippen LogP contribution in [-0.2, 0) is 11.3 Å². The summed E-state index contributed by atoms with van der Waals surface area (Å²) in [5.74, 6) is 1.69. The number of hydrogen-bond acceptors (Lipinski definition) is 3. The lowest BCUT2D eigenvalue weighted by Gasteiger charge is -2.22. The van der Waals surface area contributed by atoms with Crippen molar-refractivity contribution in [1.82, 2.24) is 5.32 Å². The maximum Gasteiger partial charge on any atom is 0.123 e. The molecule has 1 N–H and O–H groups in total. The smallest absolute Gasteiger partial charge is 0.123 e. The van der Waals surface area contributed by atoms with Crippen LogP contribution < -0.4 is 10.1 Å². The number of rotatable bonds is 6. The topological polar surface area (TPSA) is 30.5 Å². The third kappa shape index (κ3) is 3.95. The first-order valence-corrected chi connectivity index (χ1v) is 7.43. The molecule has 2 fully saturated rings. The summed E-state index contributed by atoms with van der Waals surface area (Å²) < 4.78 is 11.4. The lowest BCUT2D eigenvalue weighted by molar-refractivity contribution is 0.0496. The number of nitrogens with one attached hydrogen (secondary N) is 1. The minimum absolute atomic E-state index is 0.651. The summed E-state index contributed by atoms with van der Waals surface area (Å²) in [5.41, 5.74) is 1.28. The summed E-state index contributed by atoms with van der Waals surface area (Å²) in [5, 5.41) is 3.55. The van der Waals surface area contributed by atoms with Crippen molar-refractivity contribution in [2.45, 2.75) is 38.3 Å². The van der Waals surface area contributed by atoms with Gasteiger partial charge in [-0.2, -0.15) is 0 Å². The van der Waals surface area contributed by atoms with E-state index in [4.69, 9.17) is 9.47 Å². The zero-order chi connectivity index (χ0) is 12.9. The first-order chi connectivity index (χ1) is 9.42. The molecule has 0 spiro atoms. The minimum atomic E-state index is 0.651. The Balaban J connectivity index is 1.52. The highest BCUT2D eigenvalue weighted by molar-refractivity contribution is 5.33. The van der Waals surface area contributed by atoms with Crippen molar-refractivity contribution in [2.75, 3.05) is 19.8 Å². The summed E-state index contributed by atoms with van der Waals surface area (Å²) in [6.07, 6.45) is 4.90. The maximum absolute atomic E-state index is 6.03. The lowest BCUT2D eigenvalue weighted by Crippen LogP contribution is -2.22. The molecule has 1 aliphatic heterocycles. The molecule has 1 heterocycles. The number of ether oxygens (including phenoxy) is 2. The monoisotopic (exact) mass is 261 g/mol. The van der Waals surface area contributed by atoms with Crippen LogP contribution in [0.3, 0.4) is 0 Å². The standard InChI is InChI=1S/C16H23NO2/c1-2-4-16(14(3-1)11-17-15-5-6-15)19-12-13-7-9-18-10-8-13/h1-4,13,15,17H,5-12H2. The average molecular weight is 261 g/mol. The molecule has 3 nitrogen and oxygen atoms in total. The quantitative estimate of drug-likeness (QED) is 0.854. The Bertz CT molecular complexity index is 397. The van der Waals surface area contributed by atoms with Crippen molar-refractivity contribution in [3.05, 3.63) is 29.8 Å². The molecular formula is C16H23NO2. The van der Waals surface area contributed by atoms with Crippen LogP contribution in [0.2, 0.25) is 0 Å². The molecule has 0 atom stereocenters. The molecule has 0 radical (unpaired) electrons. The number of para-hydroxylation sites is 1. The molecule has 3 heteroatoms. The summed E-state index contributed by atoms with van der Waals surface area (Å²) in [6, 6.07) is 9.13. The third-order valence-electron chi connectivity index (χ3n) is 3.95. The van der Waals surface area contributed by atoms with Crippen molar-refractivity contribution in [1.29, 1.82) is 0 Å². The van der Waals surface area contributed by atoms with Crippen LogP contribution in [0.4, 0.5) is 0 Å². The molecule has 1 aliphatic carbocycles. The van der Waals surface area contributed by atoms with Gasteiger partial charge in [0.15, 0.2) is 0 Å². The zero-order valence-corrected chi connectivity index (χ0v) is 11.4. The van der Waals surface area contributed by atoms with Crippen molar-refractivity contribution in [3.8, 4) is 5.75 Å². The molecular weight excluding hydrogens is 238 g/mol. The summed E-state index contributed by atoms with van der Waals surface area (Å²) >= 11 is 0. The van der Waals surface area contributed by atoms with Crippen LogP contribution in [0, 0.1) is 5.92 Å². The molecule has 0 aromatic heterocycles. The van der Waals surface area contributed by atoms with E-state index in [9.17, 15) is 0 Å². The van der Waals surface area contributed by atoms with Gasteiger partial charge in [0.25, 0.3) is 0 Å². The number of benzene rings is 1. The van der Waals surface area contributed by atoms with Crippen molar-refractivity contribution < 1.29 is 9.47 Å². The molecule has 1 saturated heterocycles. The molecule has 0 amide bonds. The highest BCUT2D eigenvalue weighted by atomic mass is 16.5. The van der Waals surface area contributed by atoms with Gasteiger partial charge in [0, 0.05) is 31.4 Å². The lowest BCUT2D eigenvalue weighted by atomic mass is 10.0. The van der Waals surface area contributed by atoms with Gasteiger partial charge in [0.2, 0.25) is 0 Å². The summed E-state index contributed by atoms with van der Waals surface area (Å²) in [6.45, 7) is 3.52. The van der Waals surface area contributed by atoms with Crippen LogP contribution in [0.25, 0.3) is 0 Å². The summed E-state index contributed by atoms with van der Waals surface area (Å²) in [7, 11) is 0. The van der Waals surface area contributed by atoms with Gasteiger partial charge in [0.05, 0.1) is 6.61 Å². The van der Waals surface area contributed by atoms with E-state index in [1.54, 1.807) is 0 Å². The van der Waals surface area contributed by atoms with Crippen molar-refractivity contribution in [2.24, 2.45) is 5.92 Å². The molecule has 1 aromatic carbocycles. The van der Waals surface area contributed by atoms with E-state index >= 15 is 0 Å². The minimum Gasteiger partial charge on any atom is -0.493 e. The predicted octanol–water partition coefficient (Wildman–Crippen LogP) is 2.74. The summed E-state index contributed by atoms with van der Waals surface area (Å²) in [4.78, 5) is 0. The molecule has 104 valence electrons. The highest BCUT2D eigenvalue weighted by Crippen LogP contribution is 2.24. The van der Waals surface area contributed by atoms with Crippen LogP contribution in [0.15, 0.2) is 24.3 Å². The fourth-order valence-corrected chi connectivity index (χ4v) is 2.45. The van der Waals surface area contributed by atoms with E-state index < -0.39 is 0 Å². The van der Waals surface area contributed by atoms with Crippen LogP contribution in [0.5, 0.6) is 5.75 Å². The molecule has 0 unspecified atom stereocenters. The molecule has 3 rings (SSSR count). The van der Waals surface area contributed by atoms with Crippen LogP contribution >= 0.6 is 0 Å². The Morgan fingerprint density at radius 1 is 1.11 bits per heavy atom. The Labute approximate surface area is 115 Å². The van der Waals surface area contributed by atoms with Gasteiger partial charge in [-0.1, -0.05) is 18.2 Å². The first kappa shape index (κ1) is 12.9. The highest BCUT2D eigenvalue weighted by Gasteiger charge is 2.20. The maximum atomic E-state index is 6.03. The fourth-order valence-electron chi connectivity index (χ4n) is 2.45. The molecule has 19 heavy (non-hydrogen) atoms. The SMILES string of the molecule is c1ccc(OCC2CCOCC2)c(CNC2CC2)c1. The van der Waals surface area contributed by atoms with Gasteiger partial charge in [-0.15, -0.1) is 0 Å². The van der Waals surface area contributed by atoms with E-state index in [1.165, 1.54) is 18.4 Å². The van der Waals surface area contributed by atoms with E-state index in [-0.39, 0.29) is 0 Å². The van der Waals surface area contributed by atoms with Crippen molar-refractivity contribution in [3.63, 3.8) is 0 Å². The van der Waals surface area contributed by atoms with E-state index in [2.05, 4.69) is 29.6 Å². The Morgan fingerprint density at radius 3 is 2.68 bits per heavy atom. The Morgan fingerprint density at radius 2 is 1.89 bits per heavy atom. The molecule has 1 saturated carbocycles. The Kier molecular flexibility index (Phi) is 4.36. The van der Waals surface area contributed by atoms with Crippen molar-refractivity contribution >= 4 is 0 Å². The molecule has 0 bridgehead atoms. The second-order valence-corrected chi connectivity index (χ2v) is 5.63. The van der Waals surface area contributed by atoms with Crippen LogP contribution in [0.1, 0.15) is 31.2 Å². The van der Waals surface area contributed by atoms with Gasteiger partial charge in [-0.3, -0.25) is 0 Å². The molecule has 1 aromatic rings. The predicted molar refractivity (Wildman–Crippen MR) is 75.3 cm³/mol. The van der Waals surface area contributed by atoms with E-state index in [0.717, 1.165) is 51.0 Å². The second kappa shape index (κ2) is 6.40. The Hall–Kier alpha value is -1.06. The number of hydrogen-bond donors (Lipinski definition) is 1. The van der Waals surface area contributed by atoms with Gasteiger partial charge in [0.1, 0.15) is 5.75 Å². The zero-order valence-electron chi connectivity index (χ0n) is 11.4. The second-order valence-electron chi connectivity index (χ2n) is 5.63. The largest absolute Gasteiger partial charge is 0.493 e. The first-order valence-electron chi connectivity index (χ1n) is 7.43. The van der Waals surface area contributed by atoms with Gasteiger partial charge in [-0.25, -0.2) is 0 Å². The van der Waals surface area contributed by atoms with Gasteiger partial charge < -0.3 is 14.8 Å². The normalized spacial score (nSPS) is 20.4. The molecule has 2 aliphatic rings. The van der Waals surface area contributed by atoms with E-state index in [1.807, 2.05) is 0 Å².